The molecule has 0 unspecified atom stereocenters. The summed E-state index contributed by atoms with van der Waals surface area (Å²) in [6.45, 7) is -0.0841. The Kier molecular flexibility index (Phi) is 3.39. The monoisotopic (exact) mass is 286 g/mol. The van der Waals surface area contributed by atoms with E-state index < -0.39 is 11.6 Å². The van der Waals surface area contributed by atoms with Gasteiger partial charge in [0.1, 0.15) is 17.9 Å². The largest absolute Gasteiger partial charge is 0.487 e. The van der Waals surface area contributed by atoms with Gasteiger partial charge in [0.25, 0.3) is 0 Å². The summed E-state index contributed by atoms with van der Waals surface area (Å²) in [4.78, 5) is 4.22. The number of anilines is 1. The van der Waals surface area contributed by atoms with E-state index in [0.29, 0.717) is 17.0 Å². The van der Waals surface area contributed by atoms with E-state index in [0.717, 1.165) is 11.5 Å². The van der Waals surface area contributed by atoms with Crippen LogP contribution in [0.25, 0.3) is 10.9 Å². The first-order valence-electron chi connectivity index (χ1n) is 6.35. The van der Waals surface area contributed by atoms with Crippen LogP contribution < -0.4 is 10.5 Å². The lowest BCUT2D eigenvalue weighted by atomic mass is 10.1. The lowest BCUT2D eigenvalue weighted by Gasteiger charge is -2.10. The van der Waals surface area contributed by atoms with E-state index in [1.807, 2.05) is 6.07 Å². The molecule has 0 aliphatic carbocycles. The first-order valence-corrected chi connectivity index (χ1v) is 6.35. The van der Waals surface area contributed by atoms with Crippen molar-refractivity contribution in [1.82, 2.24) is 4.98 Å². The SMILES string of the molecule is Nc1ccc(OCc2cccc(F)c2F)c2ncccc12. The van der Waals surface area contributed by atoms with Gasteiger partial charge in [0.2, 0.25) is 0 Å². The Balaban J connectivity index is 1.92. The van der Waals surface area contributed by atoms with E-state index in [4.69, 9.17) is 10.5 Å². The molecule has 0 bridgehead atoms. The quantitative estimate of drug-likeness (QED) is 0.747. The molecule has 106 valence electrons. The average Bonchev–Trinajstić information content (AvgIpc) is 2.51. The van der Waals surface area contributed by atoms with Crippen molar-refractivity contribution in [3.8, 4) is 5.75 Å². The molecule has 0 saturated carbocycles. The Morgan fingerprint density at radius 3 is 2.76 bits per heavy atom. The summed E-state index contributed by atoms with van der Waals surface area (Å²) in [5, 5.41) is 0.759. The van der Waals surface area contributed by atoms with Gasteiger partial charge in [-0.15, -0.1) is 0 Å². The van der Waals surface area contributed by atoms with Crippen molar-refractivity contribution < 1.29 is 13.5 Å². The highest BCUT2D eigenvalue weighted by Gasteiger charge is 2.10. The van der Waals surface area contributed by atoms with Crippen molar-refractivity contribution in [2.24, 2.45) is 0 Å². The highest BCUT2D eigenvalue weighted by molar-refractivity contribution is 5.94. The normalized spacial score (nSPS) is 10.8. The maximum absolute atomic E-state index is 13.6. The Hall–Kier alpha value is -2.69. The Bertz CT molecular complexity index is 805. The van der Waals surface area contributed by atoms with Gasteiger partial charge < -0.3 is 10.5 Å². The Morgan fingerprint density at radius 1 is 1.05 bits per heavy atom. The number of pyridine rings is 1. The second-order valence-corrected chi connectivity index (χ2v) is 4.55. The molecule has 0 spiro atoms. The van der Waals surface area contributed by atoms with Gasteiger partial charge in [0, 0.05) is 22.8 Å². The number of hydrogen-bond donors (Lipinski definition) is 1. The number of ether oxygens (including phenoxy) is 1. The molecule has 0 radical (unpaired) electrons. The molecule has 0 aliphatic rings. The lowest BCUT2D eigenvalue weighted by molar-refractivity contribution is 0.300. The molecule has 2 aromatic carbocycles. The van der Waals surface area contributed by atoms with Crippen LogP contribution in [0.3, 0.4) is 0 Å². The number of halogens is 2. The van der Waals surface area contributed by atoms with Crippen LogP contribution in [0.4, 0.5) is 14.5 Å². The van der Waals surface area contributed by atoms with Crippen LogP contribution in [0.1, 0.15) is 5.56 Å². The number of hydrogen-bond acceptors (Lipinski definition) is 3. The zero-order chi connectivity index (χ0) is 14.8. The maximum Gasteiger partial charge on any atom is 0.165 e. The maximum atomic E-state index is 13.6. The van der Waals surface area contributed by atoms with Gasteiger partial charge in [-0.1, -0.05) is 12.1 Å². The summed E-state index contributed by atoms with van der Waals surface area (Å²) >= 11 is 0. The Morgan fingerprint density at radius 2 is 1.90 bits per heavy atom. The van der Waals surface area contributed by atoms with Crippen LogP contribution in [0, 0.1) is 11.6 Å². The van der Waals surface area contributed by atoms with Gasteiger partial charge in [0.15, 0.2) is 11.6 Å². The lowest BCUT2D eigenvalue weighted by Crippen LogP contribution is -2.01. The fraction of sp³-hybridized carbons (Fsp3) is 0.0625. The predicted octanol–water partition coefficient (Wildman–Crippen LogP) is 3.67. The van der Waals surface area contributed by atoms with Crippen molar-refractivity contribution >= 4 is 16.6 Å². The highest BCUT2D eigenvalue weighted by Crippen LogP contribution is 2.28. The van der Waals surface area contributed by atoms with Crippen LogP contribution in [-0.4, -0.2) is 4.98 Å². The summed E-state index contributed by atoms with van der Waals surface area (Å²) in [7, 11) is 0. The van der Waals surface area contributed by atoms with Crippen molar-refractivity contribution in [3.63, 3.8) is 0 Å². The van der Waals surface area contributed by atoms with Crippen molar-refractivity contribution in [3.05, 3.63) is 65.9 Å². The molecule has 21 heavy (non-hydrogen) atoms. The zero-order valence-corrected chi connectivity index (χ0v) is 11.0. The molecule has 1 heterocycles. The fourth-order valence-corrected chi connectivity index (χ4v) is 2.10. The number of rotatable bonds is 3. The molecule has 0 atom stereocenters. The van der Waals surface area contributed by atoms with E-state index in [1.54, 1.807) is 24.4 Å². The van der Waals surface area contributed by atoms with E-state index in [-0.39, 0.29) is 12.2 Å². The van der Waals surface area contributed by atoms with Crippen LogP contribution in [0.5, 0.6) is 5.75 Å². The fourth-order valence-electron chi connectivity index (χ4n) is 2.10. The van der Waals surface area contributed by atoms with Crippen LogP contribution in [0.2, 0.25) is 0 Å². The third-order valence-electron chi connectivity index (χ3n) is 3.18. The van der Waals surface area contributed by atoms with Gasteiger partial charge in [-0.2, -0.15) is 0 Å². The summed E-state index contributed by atoms with van der Waals surface area (Å²) < 4.78 is 32.3. The van der Waals surface area contributed by atoms with E-state index in [1.165, 1.54) is 12.1 Å². The van der Waals surface area contributed by atoms with Gasteiger partial charge in [0.05, 0.1) is 0 Å². The molecule has 3 aromatic rings. The number of fused-ring (bicyclic) bond motifs is 1. The van der Waals surface area contributed by atoms with Crippen LogP contribution in [0.15, 0.2) is 48.7 Å². The topological polar surface area (TPSA) is 48.1 Å². The number of nitrogens with zero attached hydrogens (tertiary/aromatic N) is 1. The first-order chi connectivity index (χ1) is 10.2. The van der Waals surface area contributed by atoms with E-state index >= 15 is 0 Å². The molecule has 0 amide bonds. The van der Waals surface area contributed by atoms with Gasteiger partial charge >= 0.3 is 0 Å². The minimum atomic E-state index is -0.898. The summed E-state index contributed by atoms with van der Waals surface area (Å²) in [5.74, 6) is -1.31. The van der Waals surface area contributed by atoms with Gasteiger partial charge in [-0.3, -0.25) is 4.98 Å². The zero-order valence-electron chi connectivity index (χ0n) is 11.0. The molecular formula is C16H12F2N2O. The summed E-state index contributed by atoms with van der Waals surface area (Å²) in [6, 6.07) is 11.0. The third kappa shape index (κ3) is 2.50. The van der Waals surface area contributed by atoms with Crippen LogP contribution >= 0.6 is 0 Å². The average molecular weight is 286 g/mol. The smallest absolute Gasteiger partial charge is 0.165 e. The van der Waals surface area contributed by atoms with Gasteiger partial charge in [-0.05, 0) is 30.3 Å². The highest BCUT2D eigenvalue weighted by atomic mass is 19.2. The van der Waals surface area contributed by atoms with Crippen molar-refractivity contribution in [1.29, 1.82) is 0 Å². The number of benzene rings is 2. The number of nitrogens with two attached hydrogens (primary N) is 1. The number of aromatic nitrogens is 1. The molecule has 0 saturated heterocycles. The van der Waals surface area contributed by atoms with Gasteiger partial charge in [-0.25, -0.2) is 8.78 Å². The van der Waals surface area contributed by atoms with Crippen molar-refractivity contribution in [2.45, 2.75) is 6.61 Å². The first kappa shape index (κ1) is 13.3. The second-order valence-electron chi connectivity index (χ2n) is 4.55. The summed E-state index contributed by atoms with van der Waals surface area (Å²) in [5.41, 5.74) is 7.20. The molecule has 0 fully saturated rings. The standard InChI is InChI=1S/C16H12F2N2O/c17-12-5-1-3-10(15(12)18)9-21-14-7-6-13(19)11-4-2-8-20-16(11)14/h1-8H,9,19H2. The predicted molar refractivity (Wildman–Crippen MR) is 76.8 cm³/mol. The second kappa shape index (κ2) is 5.36. The molecule has 1 aromatic heterocycles. The molecule has 5 heteroatoms. The van der Waals surface area contributed by atoms with E-state index in [9.17, 15) is 8.78 Å². The Labute approximate surface area is 120 Å². The molecule has 3 nitrogen and oxygen atoms in total. The summed E-state index contributed by atoms with van der Waals surface area (Å²) in [6.07, 6.45) is 1.62. The van der Waals surface area contributed by atoms with Crippen LogP contribution in [-0.2, 0) is 6.61 Å². The molecule has 0 aliphatic heterocycles. The molecule has 3 rings (SSSR count). The molecular weight excluding hydrogens is 274 g/mol. The number of nitrogen functional groups attached to an aromatic ring is 1. The molecule has 2 N–H and O–H groups in total. The van der Waals surface area contributed by atoms with Crippen molar-refractivity contribution in [2.75, 3.05) is 5.73 Å². The third-order valence-corrected chi connectivity index (χ3v) is 3.18. The minimum absolute atomic E-state index is 0.0841. The van der Waals surface area contributed by atoms with E-state index in [2.05, 4.69) is 4.98 Å². The minimum Gasteiger partial charge on any atom is -0.487 e.